The zero-order chi connectivity index (χ0) is 31.3. The number of aliphatic hydroxyl groups excluding tert-OH is 1. The lowest BCUT2D eigenvalue weighted by Gasteiger charge is -2.15. The van der Waals surface area contributed by atoms with Crippen LogP contribution in [0.25, 0.3) is 0 Å². The van der Waals surface area contributed by atoms with Gasteiger partial charge in [0.05, 0.1) is 13.2 Å². The normalized spacial score (nSPS) is 13.7. The number of carbonyl (C=O) groups excluding carboxylic acids is 1. The maximum absolute atomic E-state index is 12.1. The summed E-state index contributed by atoms with van der Waals surface area (Å²) in [6.45, 7) is 4.97. The number of rotatable bonds is 29. The van der Waals surface area contributed by atoms with E-state index >= 15 is 0 Å². The molecule has 1 unspecified atom stereocenters. The van der Waals surface area contributed by atoms with Gasteiger partial charge in [0.15, 0.2) is 0 Å². The van der Waals surface area contributed by atoms with Crippen LogP contribution < -0.4 is 0 Å². The smallest absolute Gasteiger partial charge is 0.306 e. The molecule has 0 aromatic rings. The standard InChI is InChI=1S/C39H62O4/c1-3-5-7-9-11-13-15-17-19-20-21-22-24-26-28-30-32-34-39(41)43-38(36-40)37-42-35-33-31-29-27-25-23-18-16-14-12-10-8-6-4-2/h5-8,11-14,17-19,21-23,26,28,38,40H,3-4,9-10,15-16,20,24-25,27,29-37H2,1-2H3/b7-5-,8-6-,13-11-,14-12-,19-17-,22-21-,23-18-,28-26-. The molecule has 0 aromatic heterocycles. The first-order valence-corrected chi connectivity index (χ1v) is 16.8. The highest BCUT2D eigenvalue weighted by Crippen LogP contribution is 2.07. The van der Waals surface area contributed by atoms with E-state index in [2.05, 4.69) is 111 Å². The van der Waals surface area contributed by atoms with E-state index < -0.39 is 6.10 Å². The van der Waals surface area contributed by atoms with E-state index in [1.54, 1.807) is 0 Å². The van der Waals surface area contributed by atoms with Gasteiger partial charge in [0.25, 0.3) is 0 Å². The molecule has 0 fully saturated rings. The number of hydrogen-bond acceptors (Lipinski definition) is 4. The summed E-state index contributed by atoms with van der Waals surface area (Å²) in [6, 6.07) is 0. The van der Waals surface area contributed by atoms with Crippen LogP contribution in [0.5, 0.6) is 0 Å². The monoisotopic (exact) mass is 594 g/mol. The lowest BCUT2D eigenvalue weighted by Crippen LogP contribution is -2.27. The van der Waals surface area contributed by atoms with Crippen molar-refractivity contribution in [3.63, 3.8) is 0 Å². The minimum Gasteiger partial charge on any atom is -0.457 e. The summed E-state index contributed by atoms with van der Waals surface area (Å²) < 4.78 is 11.0. The Kier molecular flexibility index (Phi) is 33.3. The van der Waals surface area contributed by atoms with Crippen LogP contribution in [0, 0.1) is 0 Å². The number of unbranched alkanes of at least 4 members (excludes halogenated alkanes) is 5. The van der Waals surface area contributed by atoms with Crippen LogP contribution in [0.1, 0.15) is 117 Å². The van der Waals surface area contributed by atoms with Crippen LogP contribution in [0.4, 0.5) is 0 Å². The van der Waals surface area contributed by atoms with Gasteiger partial charge in [-0.05, 0) is 83.5 Å². The number of esters is 1. The van der Waals surface area contributed by atoms with Crippen molar-refractivity contribution in [2.24, 2.45) is 0 Å². The molecule has 0 aliphatic heterocycles. The Morgan fingerprint density at radius 2 is 0.977 bits per heavy atom. The molecule has 0 aromatic carbocycles. The highest BCUT2D eigenvalue weighted by Gasteiger charge is 2.13. The van der Waals surface area contributed by atoms with Crippen molar-refractivity contribution in [2.75, 3.05) is 19.8 Å². The summed E-state index contributed by atoms with van der Waals surface area (Å²) in [5, 5.41) is 9.52. The molecule has 4 heteroatoms. The Bertz CT molecular complexity index is 841. The Morgan fingerprint density at radius 3 is 1.44 bits per heavy atom. The summed E-state index contributed by atoms with van der Waals surface area (Å²) in [4.78, 5) is 12.1. The van der Waals surface area contributed by atoms with Crippen LogP contribution in [0.15, 0.2) is 97.2 Å². The zero-order valence-electron chi connectivity index (χ0n) is 27.4. The van der Waals surface area contributed by atoms with Gasteiger partial charge in [-0.25, -0.2) is 0 Å². The Balaban J connectivity index is 3.67. The van der Waals surface area contributed by atoms with E-state index in [0.29, 0.717) is 13.0 Å². The molecule has 0 amide bonds. The zero-order valence-corrected chi connectivity index (χ0v) is 27.4. The van der Waals surface area contributed by atoms with E-state index in [9.17, 15) is 9.90 Å². The van der Waals surface area contributed by atoms with Gasteiger partial charge in [-0.1, -0.05) is 124 Å². The maximum Gasteiger partial charge on any atom is 0.306 e. The second kappa shape index (κ2) is 35.5. The van der Waals surface area contributed by atoms with Gasteiger partial charge in [-0.15, -0.1) is 0 Å². The van der Waals surface area contributed by atoms with Gasteiger partial charge in [0, 0.05) is 13.0 Å². The first-order chi connectivity index (χ1) is 21.2. The Hall–Kier alpha value is -2.69. The molecule has 0 heterocycles. The van der Waals surface area contributed by atoms with Crippen molar-refractivity contribution in [3.05, 3.63) is 97.2 Å². The third-order valence-corrected chi connectivity index (χ3v) is 6.40. The molecular weight excluding hydrogens is 532 g/mol. The summed E-state index contributed by atoms with van der Waals surface area (Å²) in [5.41, 5.74) is 0. The highest BCUT2D eigenvalue weighted by atomic mass is 16.6. The van der Waals surface area contributed by atoms with E-state index in [0.717, 1.165) is 83.5 Å². The molecule has 0 saturated heterocycles. The van der Waals surface area contributed by atoms with Gasteiger partial charge in [0.1, 0.15) is 6.10 Å². The number of carbonyl (C=O) groups is 1. The van der Waals surface area contributed by atoms with Crippen LogP contribution in [0.2, 0.25) is 0 Å². The van der Waals surface area contributed by atoms with E-state index in [-0.39, 0.29) is 19.2 Å². The molecule has 1 N–H and O–H groups in total. The molecular formula is C39H62O4. The number of ether oxygens (including phenoxy) is 2. The third kappa shape index (κ3) is 33.7. The van der Waals surface area contributed by atoms with Crippen LogP contribution in [-0.4, -0.2) is 37.0 Å². The van der Waals surface area contributed by atoms with Crippen molar-refractivity contribution < 1.29 is 19.4 Å². The number of hydrogen-bond donors (Lipinski definition) is 1. The largest absolute Gasteiger partial charge is 0.457 e. The minimum absolute atomic E-state index is 0.211. The van der Waals surface area contributed by atoms with Gasteiger partial charge in [-0.3, -0.25) is 4.79 Å². The molecule has 43 heavy (non-hydrogen) atoms. The van der Waals surface area contributed by atoms with E-state index in [4.69, 9.17) is 9.47 Å². The topological polar surface area (TPSA) is 55.8 Å². The fourth-order valence-corrected chi connectivity index (χ4v) is 3.96. The van der Waals surface area contributed by atoms with Crippen molar-refractivity contribution in [2.45, 2.75) is 123 Å². The molecule has 0 rings (SSSR count). The molecule has 0 spiro atoms. The van der Waals surface area contributed by atoms with Gasteiger partial charge < -0.3 is 14.6 Å². The average molecular weight is 595 g/mol. The number of allylic oxidation sites excluding steroid dienone is 16. The van der Waals surface area contributed by atoms with Crippen LogP contribution in [-0.2, 0) is 14.3 Å². The number of aliphatic hydroxyl groups is 1. The summed E-state index contributed by atoms with van der Waals surface area (Å²) in [6.07, 6.45) is 50.2. The Labute approximate surface area is 264 Å². The van der Waals surface area contributed by atoms with Gasteiger partial charge in [0.2, 0.25) is 0 Å². The molecule has 0 radical (unpaired) electrons. The summed E-state index contributed by atoms with van der Waals surface area (Å²) in [7, 11) is 0. The first-order valence-electron chi connectivity index (χ1n) is 16.8. The lowest BCUT2D eigenvalue weighted by atomic mass is 10.1. The van der Waals surface area contributed by atoms with Crippen molar-refractivity contribution in [1.82, 2.24) is 0 Å². The van der Waals surface area contributed by atoms with E-state index in [1.165, 1.54) is 12.8 Å². The first kappa shape index (κ1) is 40.3. The van der Waals surface area contributed by atoms with Gasteiger partial charge >= 0.3 is 5.97 Å². The molecule has 0 aliphatic carbocycles. The molecule has 4 nitrogen and oxygen atoms in total. The summed E-state index contributed by atoms with van der Waals surface area (Å²) in [5.74, 6) is -0.271. The third-order valence-electron chi connectivity index (χ3n) is 6.40. The average Bonchev–Trinajstić information content (AvgIpc) is 3.01. The maximum atomic E-state index is 12.1. The predicted octanol–water partition coefficient (Wildman–Crippen LogP) is 10.6. The minimum atomic E-state index is -0.581. The second-order valence-electron chi connectivity index (χ2n) is 10.5. The van der Waals surface area contributed by atoms with Crippen molar-refractivity contribution in [1.29, 1.82) is 0 Å². The van der Waals surface area contributed by atoms with E-state index in [1.807, 2.05) is 0 Å². The van der Waals surface area contributed by atoms with Gasteiger partial charge in [-0.2, -0.15) is 0 Å². The second-order valence-corrected chi connectivity index (χ2v) is 10.5. The molecule has 0 saturated carbocycles. The fraction of sp³-hybridized carbons (Fsp3) is 0.564. The SMILES string of the molecule is CC/C=C\C/C=C\C/C=C\C/C=C\C/C=C\CCCC(=O)OC(CO)COCCCCCC/C=C\C/C=C\C/C=C\CC. The summed E-state index contributed by atoms with van der Waals surface area (Å²) >= 11 is 0. The van der Waals surface area contributed by atoms with Crippen molar-refractivity contribution >= 4 is 5.97 Å². The highest BCUT2D eigenvalue weighted by molar-refractivity contribution is 5.69. The fourth-order valence-electron chi connectivity index (χ4n) is 3.96. The van der Waals surface area contributed by atoms with Crippen LogP contribution >= 0.6 is 0 Å². The molecule has 1 atom stereocenters. The predicted molar refractivity (Wildman–Crippen MR) is 186 cm³/mol. The molecule has 0 bridgehead atoms. The quantitative estimate of drug-likeness (QED) is 0.0532. The Morgan fingerprint density at radius 1 is 0.558 bits per heavy atom. The molecule has 0 aliphatic rings. The van der Waals surface area contributed by atoms with Crippen molar-refractivity contribution in [3.8, 4) is 0 Å². The van der Waals surface area contributed by atoms with Crippen LogP contribution in [0.3, 0.4) is 0 Å². The lowest BCUT2D eigenvalue weighted by molar-refractivity contribution is -0.154. The molecule has 242 valence electrons.